The van der Waals surface area contributed by atoms with E-state index in [1.54, 1.807) is 6.07 Å². The third-order valence-corrected chi connectivity index (χ3v) is 2.84. The van der Waals surface area contributed by atoms with Crippen molar-refractivity contribution < 1.29 is 13.2 Å². The number of rotatable bonds is 3. The molecule has 3 nitrogen and oxygen atoms in total. The third kappa shape index (κ3) is 2.96. The van der Waals surface area contributed by atoms with Crippen molar-refractivity contribution >= 4 is 0 Å². The highest BCUT2D eigenvalue weighted by Crippen LogP contribution is 2.28. The zero-order valence-corrected chi connectivity index (χ0v) is 10.6. The fourth-order valence-electron chi connectivity index (χ4n) is 1.83. The molecule has 0 amide bonds. The molecule has 1 aromatic heterocycles. The number of halogens is 3. The zero-order chi connectivity index (χ0) is 14.0. The van der Waals surface area contributed by atoms with E-state index < -0.39 is 11.9 Å². The minimum absolute atomic E-state index is 0.618. The molecule has 6 heteroatoms. The lowest BCUT2D eigenvalue weighted by Crippen LogP contribution is -2.08. The molecule has 19 heavy (non-hydrogen) atoms. The minimum atomic E-state index is -4.41. The molecule has 2 aromatic rings. The molecule has 1 heterocycles. The first-order valence-corrected chi connectivity index (χ1v) is 5.79. The molecular weight excluding hydrogens is 255 g/mol. The lowest BCUT2D eigenvalue weighted by Gasteiger charge is -2.08. The maximum atomic E-state index is 12.5. The molecule has 1 N–H and O–H groups in total. The fourth-order valence-corrected chi connectivity index (χ4v) is 1.83. The van der Waals surface area contributed by atoms with E-state index >= 15 is 0 Å². The van der Waals surface area contributed by atoms with Crippen LogP contribution in [0.4, 0.5) is 13.2 Å². The number of hydrogen-bond acceptors (Lipinski definition) is 2. The van der Waals surface area contributed by atoms with Crippen LogP contribution in [0.1, 0.15) is 16.8 Å². The second kappa shape index (κ2) is 5.05. The van der Waals surface area contributed by atoms with Crippen LogP contribution in [-0.2, 0) is 12.7 Å². The van der Waals surface area contributed by atoms with Crippen molar-refractivity contribution in [3.63, 3.8) is 0 Å². The van der Waals surface area contributed by atoms with E-state index in [1.165, 1.54) is 10.9 Å². The Morgan fingerprint density at radius 1 is 1.26 bits per heavy atom. The van der Waals surface area contributed by atoms with Crippen LogP contribution in [0.15, 0.2) is 30.5 Å². The maximum Gasteiger partial charge on any atom is 0.435 e. The standard InChI is InChI=1S/C13H14F3N3/c1-9-7-11(4-3-10(9)8-17-2)19-6-5-12(18-19)13(14,15)16/h3-7,17H,8H2,1-2H3. The summed E-state index contributed by atoms with van der Waals surface area (Å²) >= 11 is 0. The molecule has 0 aliphatic carbocycles. The number of nitrogens with one attached hydrogen (secondary N) is 1. The van der Waals surface area contributed by atoms with E-state index in [2.05, 4.69) is 10.4 Å². The SMILES string of the molecule is CNCc1ccc(-n2ccc(C(F)(F)F)n2)cc1C. The van der Waals surface area contributed by atoms with Crippen LogP contribution < -0.4 is 5.32 Å². The summed E-state index contributed by atoms with van der Waals surface area (Å²) in [7, 11) is 1.84. The number of nitrogens with zero attached hydrogens (tertiary/aromatic N) is 2. The van der Waals surface area contributed by atoms with Crippen LogP contribution in [0.25, 0.3) is 5.69 Å². The van der Waals surface area contributed by atoms with Crippen molar-refractivity contribution in [3.05, 3.63) is 47.3 Å². The summed E-state index contributed by atoms with van der Waals surface area (Å²) in [6, 6.07) is 6.43. The molecule has 0 atom stereocenters. The van der Waals surface area contributed by atoms with Gasteiger partial charge in [-0.1, -0.05) is 6.07 Å². The normalized spacial score (nSPS) is 11.8. The Labute approximate surface area is 109 Å². The smallest absolute Gasteiger partial charge is 0.316 e. The summed E-state index contributed by atoms with van der Waals surface area (Å²) in [4.78, 5) is 0. The second-order valence-corrected chi connectivity index (χ2v) is 4.28. The topological polar surface area (TPSA) is 29.9 Å². The molecule has 0 fully saturated rings. The summed E-state index contributed by atoms with van der Waals surface area (Å²) in [5, 5.41) is 6.58. The van der Waals surface area contributed by atoms with Gasteiger partial charge in [-0.05, 0) is 43.3 Å². The Morgan fingerprint density at radius 2 is 2.00 bits per heavy atom. The van der Waals surface area contributed by atoms with Crippen LogP contribution in [0.2, 0.25) is 0 Å². The first-order valence-electron chi connectivity index (χ1n) is 5.79. The molecule has 0 radical (unpaired) electrons. The lowest BCUT2D eigenvalue weighted by atomic mass is 10.1. The number of hydrogen-bond donors (Lipinski definition) is 1. The van der Waals surface area contributed by atoms with Crippen molar-refractivity contribution in [2.45, 2.75) is 19.6 Å². The Balaban J connectivity index is 2.32. The molecular formula is C13H14F3N3. The highest BCUT2D eigenvalue weighted by atomic mass is 19.4. The van der Waals surface area contributed by atoms with E-state index in [4.69, 9.17) is 0 Å². The Morgan fingerprint density at radius 3 is 2.53 bits per heavy atom. The van der Waals surface area contributed by atoms with Gasteiger partial charge in [0.1, 0.15) is 0 Å². The Kier molecular flexibility index (Phi) is 3.61. The average molecular weight is 269 g/mol. The Bertz CT molecular complexity index is 573. The monoisotopic (exact) mass is 269 g/mol. The van der Waals surface area contributed by atoms with Gasteiger partial charge in [-0.2, -0.15) is 18.3 Å². The quantitative estimate of drug-likeness (QED) is 0.928. The van der Waals surface area contributed by atoms with Gasteiger partial charge in [0.05, 0.1) is 5.69 Å². The van der Waals surface area contributed by atoms with E-state index in [-0.39, 0.29) is 0 Å². The van der Waals surface area contributed by atoms with Gasteiger partial charge in [0.15, 0.2) is 5.69 Å². The molecule has 0 saturated carbocycles. The average Bonchev–Trinajstić information content (AvgIpc) is 2.81. The van der Waals surface area contributed by atoms with Gasteiger partial charge in [0.2, 0.25) is 0 Å². The second-order valence-electron chi connectivity index (χ2n) is 4.28. The summed E-state index contributed by atoms with van der Waals surface area (Å²) in [6.45, 7) is 2.64. The van der Waals surface area contributed by atoms with E-state index in [0.717, 1.165) is 23.7 Å². The number of aryl methyl sites for hydroxylation is 1. The summed E-state index contributed by atoms with van der Waals surface area (Å²) < 4.78 is 38.7. The summed E-state index contributed by atoms with van der Waals surface area (Å²) in [6.07, 6.45) is -3.10. The number of benzene rings is 1. The molecule has 102 valence electrons. The van der Waals surface area contributed by atoms with Crippen LogP contribution in [0.3, 0.4) is 0 Å². The van der Waals surface area contributed by atoms with Gasteiger partial charge in [0.25, 0.3) is 0 Å². The van der Waals surface area contributed by atoms with Gasteiger partial charge in [-0.15, -0.1) is 0 Å². The van der Waals surface area contributed by atoms with Crippen molar-refractivity contribution in [2.75, 3.05) is 7.05 Å². The number of aromatic nitrogens is 2. The number of alkyl halides is 3. The molecule has 0 aliphatic rings. The first kappa shape index (κ1) is 13.6. The molecule has 0 spiro atoms. The highest BCUT2D eigenvalue weighted by Gasteiger charge is 2.33. The van der Waals surface area contributed by atoms with Crippen molar-refractivity contribution in [2.24, 2.45) is 0 Å². The summed E-state index contributed by atoms with van der Waals surface area (Å²) in [5.41, 5.74) is 1.85. The molecule has 1 aromatic carbocycles. The predicted molar refractivity (Wildman–Crippen MR) is 66.1 cm³/mol. The van der Waals surface area contributed by atoms with Crippen molar-refractivity contribution in [1.29, 1.82) is 0 Å². The van der Waals surface area contributed by atoms with Gasteiger partial charge in [0, 0.05) is 12.7 Å². The van der Waals surface area contributed by atoms with E-state index in [1.807, 2.05) is 26.1 Å². The molecule has 2 rings (SSSR count). The van der Waals surface area contributed by atoms with E-state index in [9.17, 15) is 13.2 Å². The fraction of sp³-hybridized carbons (Fsp3) is 0.308. The van der Waals surface area contributed by atoms with Crippen LogP contribution in [0.5, 0.6) is 0 Å². The molecule has 0 aliphatic heterocycles. The van der Waals surface area contributed by atoms with Gasteiger partial charge >= 0.3 is 6.18 Å². The van der Waals surface area contributed by atoms with Crippen LogP contribution in [-0.4, -0.2) is 16.8 Å². The minimum Gasteiger partial charge on any atom is -0.316 e. The van der Waals surface area contributed by atoms with Gasteiger partial charge in [-0.25, -0.2) is 4.68 Å². The lowest BCUT2D eigenvalue weighted by molar-refractivity contribution is -0.141. The molecule has 0 saturated heterocycles. The largest absolute Gasteiger partial charge is 0.435 e. The summed E-state index contributed by atoms with van der Waals surface area (Å²) in [5.74, 6) is 0. The van der Waals surface area contributed by atoms with E-state index in [0.29, 0.717) is 5.69 Å². The van der Waals surface area contributed by atoms with Crippen molar-refractivity contribution in [1.82, 2.24) is 15.1 Å². The van der Waals surface area contributed by atoms with Gasteiger partial charge in [-0.3, -0.25) is 0 Å². The zero-order valence-electron chi connectivity index (χ0n) is 10.6. The molecule has 0 bridgehead atoms. The molecule has 0 unspecified atom stereocenters. The van der Waals surface area contributed by atoms with Crippen LogP contribution in [0, 0.1) is 6.92 Å². The Hall–Kier alpha value is -1.82. The van der Waals surface area contributed by atoms with Crippen LogP contribution >= 0.6 is 0 Å². The maximum absolute atomic E-state index is 12.5. The third-order valence-electron chi connectivity index (χ3n) is 2.84. The van der Waals surface area contributed by atoms with Gasteiger partial charge < -0.3 is 5.32 Å². The first-order chi connectivity index (χ1) is 8.91. The predicted octanol–water partition coefficient (Wildman–Crippen LogP) is 2.92. The van der Waals surface area contributed by atoms with Crippen molar-refractivity contribution in [3.8, 4) is 5.69 Å². The highest BCUT2D eigenvalue weighted by molar-refractivity contribution is 5.39.